The van der Waals surface area contributed by atoms with Gasteiger partial charge in [0.2, 0.25) is 0 Å². The predicted octanol–water partition coefficient (Wildman–Crippen LogP) is 2.62. The van der Waals surface area contributed by atoms with Crippen LogP contribution in [0.2, 0.25) is 0 Å². The number of sulfonamides is 1. The molecule has 0 spiro atoms. The molecule has 20 heavy (non-hydrogen) atoms. The van der Waals surface area contributed by atoms with Crippen LogP contribution in [0.4, 0.5) is 5.69 Å². The number of para-hydroxylation sites is 1. The molecule has 2 aromatic carbocycles. The average Bonchev–Trinajstić information content (AvgIpc) is 2.39. The van der Waals surface area contributed by atoms with Crippen molar-refractivity contribution in [2.45, 2.75) is 18.2 Å². The summed E-state index contributed by atoms with van der Waals surface area (Å²) < 4.78 is 27.0. The Bertz CT molecular complexity index is 709. The third-order valence-corrected chi connectivity index (χ3v) is 4.07. The number of ketones is 1. The number of carbonyl (C=O) groups is 1. The molecule has 104 valence electrons. The molecule has 0 unspecified atom stereocenters. The zero-order valence-corrected chi connectivity index (χ0v) is 11.9. The summed E-state index contributed by atoms with van der Waals surface area (Å²) in [4.78, 5) is 11.3. The quantitative estimate of drug-likeness (QED) is 0.920. The fourth-order valence-corrected chi connectivity index (χ4v) is 2.96. The number of carbonyl (C=O) groups excluding carboxylic acids is 1. The van der Waals surface area contributed by atoms with E-state index in [4.69, 9.17) is 0 Å². The maximum absolute atomic E-state index is 12.2. The minimum atomic E-state index is -3.63. The van der Waals surface area contributed by atoms with Crippen molar-refractivity contribution < 1.29 is 13.2 Å². The first kappa shape index (κ1) is 14.3. The first-order valence-corrected chi connectivity index (χ1v) is 7.62. The van der Waals surface area contributed by atoms with Gasteiger partial charge < -0.3 is 0 Å². The number of nitrogens with one attached hydrogen (secondary N) is 1. The van der Waals surface area contributed by atoms with Crippen LogP contribution in [-0.2, 0) is 21.2 Å². The Morgan fingerprint density at radius 2 is 1.75 bits per heavy atom. The minimum absolute atomic E-state index is 0.00411. The standard InChI is InChI=1S/C15H15NO3S/c1-12(17)10-13-6-5-9-15(11-13)20(18,19)16-14-7-3-2-4-8-14/h2-9,11,16H,10H2,1H3. The fraction of sp³-hybridized carbons (Fsp3) is 0.133. The van der Waals surface area contributed by atoms with E-state index in [1.165, 1.54) is 19.1 Å². The molecule has 0 saturated heterocycles. The first-order valence-electron chi connectivity index (χ1n) is 6.13. The SMILES string of the molecule is CC(=O)Cc1cccc(S(=O)(=O)Nc2ccccc2)c1. The van der Waals surface area contributed by atoms with Crippen molar-refractivity contribution in [1.29, 1.82) is 0 Å². The maximum Gasteiger partial charge on any atom is 0.261 e. The molecule has 0 radical (unpaired) electrons. The molecule has 0 aliphatic heterocycles. The summed E-state index contributed by atoms with van der Waals surface area (Å²) in [5, 5.41) is 0. The normalized spacial score (nSPS) is 11.1. The highest BCUT2D eigenvalue weighted by molar-refractivity contribution is 7.92. The lowest BCUT2D eigenvalue weighted by atomic mass is 10.1. The molecular weight excluding hydrogens is 274 g/mol. The van der Waals surface area contributed by atoms with Gasteiger partial charge in [0.1, 0.15) is 5.78 Å². The van der Waals surface area contributed by atoms with E-state index in [1.807, 2.05) is 6.07 Å². The fourth-order valence-electron chi connectivity index (χ4n) is 1.83. The molecule has 0 fully saturated rings. The van der Waals surface area contributed by atoms with Crippen molar-refractivity contribution in [3.63, 3.8) is 0 Å². The van der Waals surface area contributed by atoms with E-state index in [0.717, 1.165) is 0 Å². The van der Waals surface area contributed by atoms with E-state index >= 15 is 0 Å². The van der Waals surface area contributed by atoms with E-state index in [2.05, 4.69) is 4.72 Å². The molecule has 0 aliphatic carbocycles. The largest absolute Gasteiger partial charge is 0.300 e. The topological polar surface area (TPSA) is 63.2 Å². The Morgan fingerprint density at radius 1 is 1.05 bits per heavy atom. The summed E-state index contributed by atoms with van der Waals surface area (Å²) in [5.41, 5.74) is 1.19. The molecule has 0 aromatic heterocycles. The third kappa shape index (κ3) is 3.68. The molecule has 0 heterocycles. The van der Waals surface area contributed by atoms with Gasteiger partial charge in [0.05, 0.1) is 4.90 Å². The van der Waals surface area contributed by atoms with Crippen LogP contribution in [0.1, 0.15) is 12.5 Å². The highest BCUT2D eigenvalue weighted by Crippen LogP contribution is 2.17. The lowest BCUT2D eigenvalue weighted by Gasteiger charge is -2.09. The number of benzene rings is 2. The summed E-state index contributed by atoms with van der Waals surface area (Å²) in [6, 6.07) is 15.1. The zero-order valence-electron chi connectivity index (χ0n) is 11.0. The van der Waals surface area contributed by atoms with Crippen LogP contribution in [0, 0.1) is 0 Å². The van der Waals surface area contributed by atoms with Gasteiger partial charge >= 0.3 is 0 Å². The van der Waals surface area contributed by atoms with E-state index in [1.54, 1.807) is 36.4 Å². The molecule has 2 rings (SSSR count). The molecule has 5 heteroatoms. The van der Waals surface area contributed by atoms with Gasteiger partial charge in [-0.25, -0.2) is 8.42 Å². The van der Waals surface area contributed by atoms with Gasteiger partial charge in [-0.2, -0.15) is 0 Å². The van der Waals surface area contributed by atoms with Crippen LogP contribution in [0.5, 0.6) is 0 Å². The Balaban J connectivity index is 2.28. The van der Waals surface area contributed by atoms with Gasteiger partial charge in [0.15, 0.2) is 0 Å². The van der Waals surface area contributed by atoms with Crippen LogP contribution < -0.4 is 4.72 Å². The zero-order chi connectivity index (χ0) is 14.6. The Hall–Kier alpha value is -2.14. The van der Waals surface area contributed by atoms with Gasteiger partial charge in [-0.3, -0.25) is 9.52 Å². The minimum Gasteiger partial charge on any atom is -0.300 e. The van der Waals surface area contributed by atoms with Crippen molar-refractivity contribution in [2.75, 3.05) is 4.72 Å². The van der Waals surface area contributed by atoms with E-state index in [-0.39, 0.29) is 17.1 Å². The number of anilines is 1. The molecule has 1 N–H and O–H groups in total. The van der Waals surface area contributed by atoms with E-state index < -0.39 is 10.0 Å². The Morgan fingerprint density at radius 3 is 2.40 bits per heavy atom. The van der Waals surface area contributed by atoms with Crippen molar-refractivity contribution in [1.82, 2.24) is 0 Å². The smallest absolute Gasteiger partial charge is 0.261 e. The highest BCUT2D eigenvalue weighted by Gasteiger charge is 2.14. The molecule has 4 nitrogen and oxygen atoms in total. The molecule has 0 aliphatic rings. The lowest BCUT2D eigenvalue weighted by molar-refractivity contribution is -0.116. The number of Topliss-reactive ketones (excluding diaryl/α,β-unsaturated/α-hetero) is 1. The van der Waals surface area contributed by atoms with E-state index in [9.17, 15) is 13.2 Å². The summed E-state index contributed by atoms with van der Waals surface area (Å²) in [6.07, 6.45) is 0.231. The van der Waals surface area contributed by atoms with Gasteiger partial charge in [-0.1, -0.05) is 30.3 Å². The van der Waals surface area contributed by atoms with E-state index in [0.29, 0.717) is 11.3 Å². The Kier molecular flexibility index (Phi) is 4.20. The lowest BCUT2D eigenvalue weighted by Crippen LogP contribution is -2.13. The summed E-state index contributed by atoms with van der Waals surface area (Å²) in [5.74, 6) is -0.00411. The van der Waals surface area contributed by atoms with Crippen molar-refractivity contribution in [3.8, 4) is 0 Å². The van der Waals surface area contributed by atoms with Crippen LogP contribution >= 0.6 is 0 Å². The van der Waals surface area contributed by atoms with Crippen molar-refractivity contribution in [3.05, 3.63) is 60.2 Å². The van der Waals surface area contributed by atoms with Crippen LogP contribution in [0.25, 0.3) is 0 Å². The number of hydrogen-bond acceptors (Lipinski definition) is 3. The molecular formula is C15H15NO3S. The third-order valence-electron chi connectivity index (χ3n) is 2.69. The Labute approximate surface area is 118 Å². The second-order valence-corrected chi connectivity index (χ2v) is 6.18. The van der Waals surface area contributed by atoms with Gasteiger partial charge in [0, 0.05) is 12.1 Å². The molecule has 2 aromatic rings. The molecule has 0 amide bonds. The maximum atomic E-state index is 12.2. The first-order chi connectivity index (χ1) is 9.47. The molecule has 0 atom stereocenters. The second kappa shape index (κ2) is 5.88. The summed E-state index contributed by atoms with van der Waals surface area (Å²) in [6.45, 7) is 1.48. The monoisotopic (exact) mass is 289 g/mol. The highest BCUT2D eigenvalue weighted by atomic mass is 32.2. The molecule has 0 saturated carbocycles. The number of rotatable bonds is 5. The van der Waals surface area contributed by atoms with Crippen LogP contribution in [0.3, 0.4) is 0 Å². The van der Waals surface area contributed by atoms with Gasteiger partial charge in [-0.05, 0) is 36.8 Å². The average molecular weight is 289 g/mol. The summed E-state index contributed by atoms with van der Waals surface area (Å²) >= 11 is 0. The van der Waals surface area contributed by atoms with Gasteiger partial charge in [-0.15, -0.1) is 0 Å². The van der Waals surface area contributed by atoms with Crippen LogP contribution in [-0.4, -0.2) is 14.2 Å². The second-order valence-electron chi connectivity index (χ2n) is 4.50. The summed E-state index contributed by atoms with van der Waals surface area (Å²) in [7, 11) is -3.63. The van der Waals surface area contributed by atoms with Crippen molar-refractivity contribution in [2.24, 2.45) is 0 Å². The number of hydrogen-bond donors (Lipinski definition) is 1. The van der Waals surface area contributed by atoms with Crippen LogP contribution in [0.15, 0.2) is 59.5 Å². The van der Waals surface area contributed by atoms with Crippen molar-refractivity contribution >= 4 is 21.5 Å². The molecule has 0 bridgehead atoms. The predicted molar refractivity (Wildman–Crippen MR) is 78.1 cm³/mol. The van der Waals surface area contributed by atoms with Gasteiger partial charge in [0.25, 0.3) is 10.0 Å².